The maximum Gasteiger partial charge on any atom is 0.0247 e. The Morgan fingerprint density at radius 2 is 2.00 bits per heavy atom. The van der Waals surface area contributed by atoms with Gasteiger partial charge >= 0.3 is 0 Å². The van der Waals surface area contributed by atoms with E-state index in [1.165, 1.54) is 5.56 Å². The third kappa shape index (κ3) is 2.09. The van der Waals surface area contributed by atoms with Crippen LogP contribution in [0.25, 0.3) is 6.08 Å². The highest BCUT2D eigenvalue weighted by Gasteiger charge is 1.90. The molecule has 0 saturated carbocycles. The van der Waals surface area contributed by atoms with Gasteiger partial charge in [-0.05, 0) is 21.8 Å². The van der Waals surface area contributed by atoms with Gasteiger partial charge in [-0.2, -0.15) is 0 Å². The van der Waals surface area contributed by atoms with Gasteiger partial charge < -0.3 is 0 Å². The zero-order valence-electron chi connectivity index (χ0n) is 5.22. The zero-order valence-corrected chi connectivity index (χ0v) is 8.96. The lowest BCUT2D eigenvalue weighted by atomic mass is 10.2. The molecule has 0 fully saturated rings. The fourth-order valence-electron chi connectivity index (χ4n) is 0.678. The molecule has 0 heterocycles. The second kappa shape index (κ2) is 4.13. The molecule has 2 heteroatoms. The fourth-order valence-corrected chi connectivity index (χ4v) is 1.48. The highest BCUT2D eigenvalue weighted by Crippen LogP contribution is 2.17. The second-order valence-corrected chi connectivity index (χ2v) is 3.39. The lowest BCUT2D eigenvalue weighted by Crippen LogP contribution is -1.70. The topological polar surface area (TPSA) is 0 Å². The van der Waals surface area contributed by atoms with Crippen LogP contribution in [0, 0.1) is 0 Å². The number of rotatable bonds is 1. The van der Waals surface area contributed by atoms with Crippen molar-refractivity contribution in [3.8, 4) is 0 Å². The van der Waals surface area contributed by atoms with Crippen molar-refractivity contribution in [1.29, 1.82) is 0 Å². The van der Waals surface area contributed by atoms with Gasteiger partial charge in [0, 0.05) is 4.47 Å². The quantitative estimate of drug-likeness (QED) is 0.691. The van der Waals surface area contributed by atoms with Crippen molar-refractivity contribution in [1.82, 2.24) is 0 Å². The SMILES string of the molecule is Brc1ccccc1C=CI. The fraction of sp³-hybridized carbons (Fsp3) is 0. The second-order valence-electron chi connectivity index (χ2n) is 1.81. The summed E-state index contributed by atoms with van der Waals surface area (Å²) in [5, 5.41) is 0. The van der Waals surface area contributed by atoms with Crippen molar-refractivity contribution in [3.63, 3.8) is 0 Å². The van der Waals surface area contributed by atoms with Crippen LogP contribution in [0.4, 0.5) is 0 Å². The first kappa shape index (κ1) is 8.27. The summed E-state index contributed by atoms with van der Waals surface area (Å²) in [6, 6.07) is 8.14. The van der Waals surface area contributed by atoms with Crippen LogP contribution in [0.5, 0.6) is 0 Å². The maximum absolute atomic E-state index is 3.44. The molecule has 1 rings (SSSR count). The summed E-state index contributed by atoms with van der Waals surface area (Å²) in [5.41, 5.74) is 1.22. The molecule has 0 nitrogen and oxygen atoms in total. The largest absolute Gasteiger partial charge is 0.0616 e. The van der Waals surface area contributed by atoms with Crippen LogP contribution < -0.4 is 0 Å². The van der Waals surface area contributed by atoms with E-state index in [9.17, 15) is 0 Å². The predicted molar refractivity (Wildman–Crippen MR) is 57.2 cm³/mol. The Morgan fingerprint density at radius 1 is 1.30 bits per heavy atom. The van der Waals surface area contributed by atoms with E-state index >= 15 is 0 Å². The van der Waals surface area contributed by atoms with Gasteiger partial charge in [-0.1, -0.05) is 56.7 Å². The van der Waals surface area contributed by atoms with Crippen LogP contribution in [0.15, 0.2) is 32.8 Å². The number of benzene rings is 1. The first-order chi connectivity index (χ1) is 4.84. The van der Waals surface area contributed by atoms with Crippen molar-refractivity contribution >= 4 is 44.6 Å². The molecule has 0 spiro atoms. The molecule has 1 aromatic rings. The Labute approximate surface area is 82.6 Å². The molecular formula is C8H6BrI. The highest BCUT2D eigenvalue weighted by atomic mass is 127. The minimum atomic E-state index is 1.14. The molecule has 1 aromatic carbocycles. The highest BCUT2D eigenvalue weighted by molar-refractivity contribution is 14.1. The third-order valence-electron chi connectivity index (χ3n) is 1.15. The molecule has 0 N–H and O–H groups in total. The van der Waals surface area contributed by atoms with E-state index in [4.69, 9.17) is 0 Å². The average Bonchev–Trinajstić information content (AvgIpc) is 1.94. The Bertz CT molecular complexity index is 243. The molecule has 0 bridgehead atoms. The first-order valence-corrected chi connectivity index (χ1v) is 4.90. The molecule has 0 aliphatic carbocycles. The van der Waals surface area contributed by atoms with Crippen molar-refractivity contribution in [3.05, 3.63) is 38.4 Å². The Morgan fingerprint density at radius 3 is 2.60 bits per heavy atom. The number of halogens is 2. The molecule has 0 aliphatic rings. The molecule has 10 heavy (non-hydrogen) atoms. The molecular weight excluding hydrogens is 303 g/mol. The van der Waals surface area contributed by atoms with Crippen molar-refractivity contribution in [2.45, 2.75) is 0 Å². The van der Waals surface area contributed by atoms with Crippen LogP contribution in [-0.4, -0.2) is 0 Å². The Hall–Kier alpha value is 0.170. The summed E-state index contributed by atoms with van der Waals surface area (Å²) in [6.45, 7) is 0. The summed E-state index contributed by atoms with van der Waals surface area (Å²) < 4.78 is 3.14. The van der Waals surface area contributed by atoms with Crippen molar-refractivity contribution in [2.75, 3.05) is 0 Å². The van der Waals surface area contributed by atoms with Gasteiger partial charge in [-0.25, -0.2) is 0 Å². The van der Waals surface area contributed by atoms with E-state index in [2.05, 4.69) is 50.7 Å². The minimum absolute atomic E-state index is 1.14. The molecule has 0 unspecified atom stereocenters. The number of hydrogen-bond donors (Lipinski definition) is 0. The molecule has 0 aliphatic heterocycles. The molecule has 52 valence electrons. The van der Waals surface area contributed by atoms with Gasteiger partial charge in [0.1, 0.15) is 0 Å². The standard InChI is InChI=1S/C8H6BrI/c9-8-4-2-1-3-7(8)5-6-10/h1-6H. The lowest BCUT2D eigenvalue weighted by molar-refractivity contribution is 1.61. The van der Waals surface area contributed by atoms with E-state index in [-0.39, 0.29) is 0 Å². The normalized spacial score (nSPS) is 10.6. The molecule has 0 atom stereocenters. The lowest BCUT2D eigenvalue weighted by Gasteiger charge is -1.94. The Kier molecular flexibility index (Phi) is 3.42. The van der Waals surface area contributed by atoms with Gasteiger partial charge in [0.05, 0.1) is 0 Å². The summed E-state index contributed by atoms with van der Waals surface area (Å²) in [4.78, 5) is 0. The van der Waals surface area contributed by atoms with Crippen LogP contribution in [-0.2, 0) is 0 Å². The molecule has 0 radical (unpaired) electrons. The monoisotopic (exact) mass is 308 g/mol. The summed E-state index contributed by atoms with van der Waals surface area (Å²) in [7, 11) is 0. The van der Waals surface area contributed by atoms with Gasteiger partial charge in [-0.15, -0.1) is 0 Å². The predicted octanol–water partition coefficient (Wildman–Crippen LogP) is 3.85. The average molecular weight is 309 g/mol. The zero-order chi connectivity index (χ0) is 7.40. The summed E-state index contributed by atoms with van der Waals surface area (Å²) in [5.74, 6) is 0. The van der Waals surface area contributed by atoms with E-state index in [1.807, 2.05) is 22.3 Å². The first-order valence-electron chi connectivity index (χ1n) is 2.86. The van der Waals surface area contributed by atoms with Gasteiger partial charge in [0.15, 0.2) is 0 Å². The van der Waals surface area contributed by atoms with Gasteiger partial charge in [0.2, 0.25) is 0 Å². The van der Waals surface area contributed by atoms with Crippen LogP contribution >= 0.6 is 38.5 Å². The van der Waals surface area contributed by atoms with E-state index < -0.39 is 0 Å². The molecule has 0 aromatic heterocycles. The van der Waals surface area contributed by atoms with E-state index in [0.29, 0.717) is 0 Å². The third-order valence-corrected chi connectivity index (χ3v) is 2.23. The molecule has 0 saturated heterocycles. The van der Waals surface area contributed by atoms with Crippen LogP contribution in [0.2, 0.25) is 0 Å². The van der Waals surface area contributed by atoms with Gasteiger partial charge in [0.25, 0.3) is 0 Å². The van der Waals surface area contributed by atoms with E-state index in [0.717, 1.165) is 4.47 Å². The summed E-state index contributed by atoms with van der Waals surface area (Å²) >= 11 is 5.65. The Balaban J connectivity index is 3.03. The van der Waals surface area contributed by atoms with Crippen molar-refractivity contribution < 1.29 is 0 Å². The van der Waals surface area contributed by atoms with E-state index in [1.54, 1.807) is 0 Å². The molecule has 0 amide bonds. The summed E-state index contributed by atoms with van der Waals surface area (Å²) in [6.07, 6.45) is 2.06. The van der Waals surface area contributed by atoms with Crippen LogP contribution in [0.3, 0.4) is 0 Å². The van der Waals surface area contributed by atoms with Gasteiger partial charge in [-0.3, -0.25) is 0 Å². The maximum atomic E-state index is 3.44. The minimum Gasteiger partial charge on any atom is -0.0616 e. The number of hydrogen-bond acceptors (Lipinski definition) is 0. The smallest absolute Gasteiger partial charge is 0.0247 e. The van der Waals surface area contributed by atoms with Crippen molar-refractivity contribution in [2.24, 2.45) is 0 Å². The van der Waals surface area contributed by atoms with Crippen LogP contribution in [0.1, 0.15) is 5.56 Å².